The van der Waals surface area contributed by atoms with Gasteiger partial charge in [0.1, 0.15) is 6.04 Å². The first kappa shape index (κ1) is 14.8. The average Bonchev–Trinajstić information content (AvgIpc) is 2.66. The third kappa shape index (κ3) is 4.46. The molecule has 0 bridgehead atoms. The molecule has 19 heavy (non-hydrogen) atoms. The fourth-order valence-corrected chi connectivity index (χ4v) is 3.44. The van der Waals surface area contributed by atoms with Crippen molar-refractivity contribution in [1.82, 2.24) is 9.80 Å². The molecule has 0 amide bonds. The van der Waals surface area contributed by atoms with Crippen LogP contribution in [0.2, 0.25) is 0 Å². The molecule has 110 valence electrons. The summed E-state index contributed by atoms with van der Waals surface area (Å²) in [5.41, 5.74) is 0. The van der Waals surface area contributed by atoms with Crippen LogP contribution in [0.4, 0.5) is 0 Å². The molecule has 0 aliphatic carbocycles. The van der Waals surface area contributed by atoms with Crippen molar-refractivity contribution in [2.24, 2.45) is 5.92 Å². The van der Waals surface area contributed by atoms with Gasteiger partial charge in [0.25, 0.3) is 0 Å². The number of carboxylic acid groups (broad SMARTS) is 1. The van der Waals surface area contributed by atoms with Crippen LogP contribution in [-0.4, -0.2) is 59.6 Å². The minimum Gasteiger partial charge on any atom is -0.480 e. The first-order valence-electron chi connectivity index (χ1n) is 7.86. The molecule has 0 radical (unpaired) electrons. The monoisotopic (exact) mass is 268 g/mol. The molecule has 0 spiro atoms. The summed E-state index contributed by atoms with van der Waals surface area (Å²) in [6.45, 7) is 7.38. The third-order valence-electron chi connectivity index (χ3n) is 4.67. The molecule has 2 saturated heterocycles. The summed E-state index contributed by atoms with van der Waals surface area (Å²) in [6.07, 6.45) is 7.84. The molecular weight excluding hydrogens is 240 g/mol. The summed E-state index contributed by atoms with van der Waals surface area (Å²) in [7, 11) is 0. The quantitative estimate of drug-likeness (QED) is 0.847. The van der Waals surface area contributed by atoms with Crippen molar-refractivity contribution < 1.29 is 9.90 Å². The van der Waals surface area contributed by atoms with Gasteiger partial charge in [-0.3, -0.25) is 9.69 Å². The average molecular weight is 268 g/mol. The lowest BCUT2D eigenvalue weighted by molar-refractivity contribution is -0.143. The maximum atomic E-state index is 11.1. The van der Waals surface area contributed by atoms with E-state index in [2.05, 4.69) is 9.80 Å². The van der Waals surface area contributed by atoms with Gasteiger partial charge in [0.2, 0.25) is 0 Å². The highest BCUT2D eigenvalue weighted by atomic mass is 16.4. The van der Waals surface area contributed by atoms with Crippen LogP contribution in [0.25, 0.3) is 0 Å². The SMILES string of the molecule is C[C@@H](C(=O)O)N1CCC[C@H](CN2CCCCCC2)C1. The van der Waals surface area contributed by atoms with E-state index in [1.54, 1.807) is 0 Å². The number of hydrogen-bond acceptors (Lipinski definition) is 3. The van der Waals surface area contributed by atoms with Gasteiger partial charge >= 0.3 is 5.97 Å². The minimum absolute atomic E-state index is 0.327. The smallest absolute Gasteiger partial charge is 0.320 e. The van der Waals surface area contributed by atoms with Crippen LogP contribution in [0.15, 0.2) is 0 Å². The van der Waals surface area contributed by atoms with Gasteiger partial charge in [-0.05, 0) is 58.2 Å². The van der Waals surface area contributed by atoms with Crippen molar-refractivity contribution in [3.63, 3.8) is 0 Å². The van der Waals surface area contributed by atoms with Crippen molar-refractivity contribution >= 4 is 5.97 Å². The Balaban J connectivity index is 1.81. The Morgan fingerprint density at radius 1 is 1.16 bits per heavy atom. The van der Waals surface area contributed by atoms with Crippen LogP contribution in [0.3, 0.4) is 0 Å². The zero-order valence-electron chi connectivity index (χ0n) is 12.2. The van der Waals surface area contributed by atoms with Gasteiger partial charge in [0.15, 0.2) is 0 Å². The van der Waals surface area contributed by atoms with E-state index in [0.29, 0.717) is 5.92 Å². The maximum absolute atomic E-state index is 11.1. The standard InChI is InChI=1S/C15H28N2O2/c1-13(15(18)19)17-10-6-7-14(12-17)11-16-8-4-2-3-5-9-16/h13-14H,2-12H2,1H3,(H,18,19)/t13-,14+/m0/s1. The third-order valence-corrected chi connectivity index (χ3v) is 4.67. The molecule has 2 heterocycles. The summed E-state index contributed by atoms with van der Waals surface area (Å²) >= 11 is 0. The largest absolute Gasteiger partial charge is 0.480 e. The Morgan fingerprint density at radius 3 is 2.47 bits per heavy atom. The number of nitrogens with zero attached hydrogens (tertiary/aromatic N) is 2. The second-order valence-corrected chi connectivity index (χ2v) is 6.23. The molecule has 4 heteroatoms. The van der Waals surface area contributed by atoms with Crippen LogP contribution in [0, 0.1) is 5.92 Å². The lowest BCUT2D eigenvalue weighted by atomic mass is 9.96. The topological polar surface area (TPSA) is 43.8 Å². The number of likely N-dealkylation sites (tertiary alicyclic amines) is 2. The van der Waals surface area contributed by atoms with Gasteiger partial charge < -0.3 is 10.0 Å². The molecule has 1 N–H and O–H groups in total. The molecule has 0 aromatic rings. The van der Waals surface area contributed by atoms with E-state index in [-0.39, 0.29) is 6.04 Å². The molecular formula is C15H28N2O2. The fourth-order valence-electron chi connectivity index (χ4n) is 3.44. The van der Waals surface area contributed by atoms with Crippen LogP contribution in [-0.2, 0) is 4.79 Å². The Hall–Kier alpha value is -0.610. The Morgan fingerprint density at radius 2 is 1.84 bits per heavy atom. The normalized spacial score (nSPS) is 28.8. The van der Waals surface area contributed by atoms with Gasteiger partial charge in [-0.1, -0.05) is 12.8 Å². The Labute approximate surface area is 116 Å². The Kier molecular flexibility index (Phi) is 5.64. The molecule has 2 rings (SSSR count). The van der Waals surface area contributed by atoms with Crippen LogP contribution in [0.1, 0.15) is 45.4 Å². The van der Waals surface area contributed by atoms with E-state index in [4.69, 9.17) is 5.11 Å². The van der Waals surface area contributed by atoms with E-state index in [1.165, 1.54) is 51.7 Å². The van der Waals surface area contributed by atoms with E-state index < -0.39 is 5.97 Å². The van der Waals surface area contributed by atoms with Gasteiger partial charge in [0.05, 0.1) is 0 Å². The highest BCUT2D eigenvalue weighted by Gasteiger charge is 2.28. The minimum atomic E-state index is -0.685. The summed E-state index contributed by atoms with van der Waals surface area (Å²) in [4.78, 5) is 15.8. The zero-order chi connectivity index (χ0) is 13.7. The zero-order valence-corrected chi connectivity index (χ0v) is 12.2. The van der Waals surface area contributed by atoms with Gasteiger partial charge in [-0.25, -0.2) is 0 Å². The fraction of sp³-hybridized carbons (Fsp3) is 0.933. The highest BCUT2D eigenvalue weighted by molar-refractivity contribution is 5.72. The van der Waals surface area contributed by atoms with E-state index >= 15 is 0 Å². The number of rotatable bonds is 4. The number of aliphatic carboxylic acids is 1. The van der Waals surface area contributed by atoms with Crippen molar-refractivity contribution in [1.29, 1.82) is 0 Å². The molecule has 0 aromatic heterocycles. The van der Waals surface area contributed by atoms with Crippen molar-refractivity contribution in [2.75, 3.05) is 32.7 Å². The molecule has 0 unspecified atom stereocenters. The molecule has 2 aliphatic rings. The van der Waals surface area contributed by atoms with E-state index in [9.17, 15) is 4.79 Å². The van der Waals surface area contributed by atoms with Gasteiger partial charge in [-0.2, -0.15) is 0 Å². The van der Waals surface area contributed by atoms with Crippen molar-refractivity contribution in [2.45, 2.75) is 51.5 Å². The molecule has 4 nitrogen and oxygen atoms in total. The molecule has 0 saturated carbocycles. The second kappa shape index (κ2) is 7.25. The first-order valence-corrected chi connectivity index (χ1v) is 7.86. The summed E-state index contributed by atoms with van der Waals surface area (Å²) in [6, 6.07) is -0.327. The number of carbonyl (C=O) groups is 1. The number of piperidine rings is 1. The molecule has 0 aromatic carbocycles. The predicted octanol–water partition coefficient (Wildman–Crippen LogP) is 2.05. The summed E-state index contributed by atoms with van der Waals surface area (Å²) < 4.78 is 0. The maximum Gasteiger partial charge on any atom is 0.320 e. The summed E-state index contributed by atoms with van der Waals surface area (Å²) in [5, 5.41) is 9.13. The highest BCUT2D eigenvalue weighted by Crippen LogP contribution is 2.21. The first-order chi connectivity index (χ1) is 9.16. The van der Waals surface area contributed by atoms with Crippen LogP contribution < -0.4 is 0 Å². The molecule has 2 aliphatic heterocycles. The summed E-state index contributed by atoms with van der Waals surface area (Å²) in [5.74, 6) is -0.0240. The number of hydrogen-bond donors (Lipinski definition) is 1. The van der Waals surface area contributed by atoms with E-state index in [1.807, 2.05) is 6.92 Å². The van der Waals surface area contributed by atoms with E-state index in [0.717, 1.165) is 19.5 Å². The molecule has 2 fully saturated rings. The Bertz CT molecular complexity index is 288. The van der Waals surface area contributed by atoms with Gasteiger partial charge in [-0.15, -0.1) is 0 Å². The lowest BCUT2D eigenvalue weighted by Gasteiger charge is -2.37. The second-order valence-electron chi connectivity index (χ2n) is 6.23. The number of carboxylic acids is 1. The van der Waals surface area contributed by atoms with Gasteiger partial charge in [0, 0.05) is 13.1 Å². The molecule has 2 atom stereocenters. The van der Waals surface area contributed by atoms with Crippen LogP contribution in [0.5, 0.6) is 0 Å². The van der Waals surface area contributed by atoms with Crippen LogP contribution >= 0.6 is 0 Å². The van der Waals surface area contributed by atoms with Crippen molar-refractivity contribution in [3.05, 3.63) is 0 Å². The predicted molar refractivity (Wildman–Crippen MR) is 76.3 cm³/mol. The van der Waals surface area contributed by atoms with Crippen molar-refractivity contribution in [3.8, 4) is 0 Å². The lowest BCUT2D eigenvalue weighted by Crippen LogP contribution is -2.47.